The molecule has 5 fully saturated rings. The van der Waals surface area contributed by atoms with Crippen molar-refractivity contribution in [1.82, 2.24) is 20.2 Å². The van der Waals surface area contributed by atoms with Crippen molar-refractivity contribution in [2.75, 3.05) is 50.9 Å². The first-order chi connectivity index (χ1) is 22.8. The fourth-order valence-electron chi connectivity index (χ4n) is 8.15. The van der Waals surface area contributed by atoms with Gasteiger partial charge in [0.05, 0.1) is 25.4 Å². The number of phenols is 1. The van der Waals surface area contributed by atoms with Gasteiger partial charge in [-0.2, -0.15) is 9.97 Å². The Morgan fingerprint density at radius 1 is 1.04 bits per heavy atom. The first kappa shape index (κ1) is 29.1. The van der Waals surface area contributed by atoms with Crippen molar-refractivity contribution in [3.8, 4) is 35.2 Å². The van der Waals surface area contributed by atoms with Gasteiger partial charge in [0.2, 0.25) is 0 Å². The van der Waals surface area contributed by atoms with Crippen LogP contribution in [0.5, 0.6) is 11.8 Å². The first-order valence-electron chi connectivity index (χ1n) is 16.7. The Morgan fingerprint density at radius 2 is 1.85 bits per heavy atom. The van der Waals surface area contributed by atoms with E-state index in [4.69, 9.17) is 25.9 Å². The number of phenolic OH excluding ortho intramolecular Hbond substituents is 1. The third kappa shape index (κ3) is 4.98. The van der Waals surface area contributed by atoms with Crippen LogP contribution < -0.4 is 15.0 Å². The SMILES string of the molecule is C#Cc1c(F)ccc2cc(O)cc(-c3ccc4c(N5CC6CCC(C5)N6)nc(OCC5(CN6CCOCC67CC7)CC5)nc4c3F)c12. The van der Waals surface area contributed by atoms with Gasteiger partial charge in [-0.25, -0.2) is 8.78 Å². The molecule has 2 atom stereocenters. The number of piperazine rings is 1. The monoisotopic (exact) mass is 637 g/mol. The van der Waals surface area contributed by atoms with E-state index in [0.29, 0.717) is 46.2 Å². The molecule has 3 aliphatic heterocycles. The van der Waals surface area contributed by atoms with E-state index in [2.05, 4.69) is 21.0 Å². The Hall–Kier alpha value is -4.04. The number of benzene rings is 3. The van der Waals surface area contributed by atoms with Crippen LogP contribution in [0.2, 0.25) is 0 Å². The van der Waals surface area contributed by atoms with Gasteiger partial charge in [0.15, 0.2) is 5.82 Å². The number of morpholine rings is 1. The van der Waals surface area contributed by atoms with E-state index in [1.807, 2.05) is 6.07 Å². The van der Waals surface area contributed by atoms with Crippen LogP contribution >= 0.6 is 0 Å². The summed E-state index contributed by atoms with van der Waals surface area (Å²) >= 11 is 0. The van der Waals surface area contributed by atoms with Gasteiger partial charge < -0.3 is 24.8 Å². The molecule has 3 aromatic carbocycles. The number of rotatable bonds is 7. The summed E-state index contributed by atoms with van der Waals surface area (Å²) in [5.74, 6) is 1.82. The maximum Gasteiger partial charge on any atom is 0.319 e. The quantitative estimate of drug-likeness (QED) is 0.262. The second kappa shape index (κ2) is 10.7. The number of anilines is 1. The third-order valence-corrected chi connectivity index (χ3v) is 11.1. The molecular weight excluding hydrogens is 600 g/mol. The molecule has 0 radical (unpaired) electrons. The van der Waals surface area contributed by atoms with Crippen molar-refractivity contribution in [1.29, 1.82) is 0 Å². The lowest BCUT2D eigenvalue weighted by molar-refractivity contribution is -0.0326. The molecule has 4 aromatic rings. The van der Waals surface area contributed by atoms with Gasteiger partial charge in [0.1, 0.15) is 22.9 Å². The predicted molar refractivity (Wildman–Crippen MR) is 176 cm³/mol. The summed E-state index contributed by atoms with van der Waals surface area (Å²) in [6.45, 7) is 5.43. The lowest BCUT2D eigenvalue weighted by Crippen LogP contribution is -2.51. The summed E-state index contributed by atoms with van der Waals surface area (Å²) in [5, 5.41) is 15.7. The minimum absolute atomic E-state index is 0.0173. The molecule has 9 rings (SSSR count). The Kier molecular flexibility index (Phi) is 6.66. The number of hydrogen-bond acceptors (Lipinski definition) is 8. The predicted octanol–water partition coefficient (Wildman–Crippen LogP) is 5.38. The third-order valence-electron chi connectivity index (χ3n) is 11.1. The number of nitrogens with zero attached hydrogens (tertiary/aromatic N) is 4. The topological polar surface area (TPSA) is 83.0 Å². The van der Waals surface area contributed by atoms with E-state index in [1.54, 1.807) is 6.07 Å². The van der Waals surface area contributed by atoms with Crippen LogP contribution in [0.25, 0.3) is 32.8 Å². The van der Waals surface area contributed by atoms with Crippen molar-refractivity contribution >= 4 is 27.5 Å². The molecule has 4 heterocycles. The summed E-state index contributed by atoms with van der Waals surface area (Å²) < 4.78 is 44.0. The fraction of sp³-hybridized carbons (Fsp3) is 0.459. The van der Waals surface area contributed by atoms with Crippen molar-refractivity contribution < 1.29 is 23.4 Å². The van der Waals surface area contributed by atoms with E-state index in [0.717, 1.165) is 65.1 Å². The van der Waals surface area contributed by atoms with Gasteiger partial charge in [-0.15, -0.1) is 6.42 Å². The van der Waals surface area contributed by atoms with Crippen molar-refractivity contribution in [3.63, 3.8) is 0 Å². The summed E-state index contributed by atoms with van der Waals surface area (Å²) in [6, 6.07) is 10.0. The van der Waals surface area contributed by atoms with Crippen molar-refractivity contribution in [2.45, 2.75) is 56.1 Å². The van der Waals surface area contributed by atoms with E-state index in [1.165, 1.54) is 37.1 Å². The number of aromatic hydroxyl groups is 1. The van der Waals surface area contributed by atoms with Crippen LogP contribution in [0.4, 0.5) is 14.6 Å². The lowest BCUT2D eigenvalue weighted by atomic mass is 9.93. The van der Waals surface area contributed by atoms with Crippen LogP contribution in [-0.4, -0.2) is 83.6 Å². The molecule has 3 saturated heterocycles. The van der Waals surface area contributed by atoms with Crippen LogP contribution in [-0.2, 0) is 4.74 Å². The minimum Gasteiger partial charge on any atom is -0.508 e. The summed E-state index contributed by atoms with van der Waals surface area (Å²) in [5.41, 5.74) is 0.821. The Morgan fingerprint density at radius 3 is 2.60 bits per heavy atom. The highest BCUT2D eigenvalue weighted by molar-refractivity contribution is 6.04. The number of hydrogen-bond donors (Lipinski definition) is 2. The smallest absolute Gasteiger partial charge is 0.319 e. The Balaban J connectivity index is 1.12. The number of halogens is 2. The highest BCUT2D eigenvalue weighted by Gasteiger charge is 2.54. The molecular formula is C37H37F2N5O3. The standard InChI is InChI=1S/C37H37F2N5O3/c1-2-26-30(38)8-3-22-15-25(45)16-29(31(22)26)27-6-7-28-33(32(27)39)41-35(42-34(28)43-17-23-4-5-24(18-43)40-23)47-20-36(9-10-36)19-44-13-14-46-21-37(44)11-12-37/h1,3,6-8,15-16,23-24,40,45H,4-5,9-14,17-21H2. The number of nitrogens with one attached hydrogen (secondary N) is 1. The second-order valence-electron chi connectivity index (χ2n) is 14.3. The minimum atomic E-state index is -0.599. The molecule has 242 valence electrons. The molecule has 0 amide bonds. The van der Waals surface area contributed by atoms with Crippen molar-refractivity contribution in [3.05, 3.63) is 53.6 Å². The Labute approximate surface area is 272 Å². The maximum absolute atomic E-state index is 16.9. The zero-order valence-corrected chi connectivity index (χ0v) is 26.2. The first-order valence-corrected chi connectivity index (χ1v) is 16.7. The molecule has 5 aliphatic rings. The second-order valence-corrected chi connectivity index (χ2v) is 14.3. The van der Waals surface area contributed by atoms with E-state index in [9.17, 15) is 9.50 Å². The average Bonchev–Trinajstić information content (AvgIpc) is 4.00. The van der Waals surface area contributed by atoms with Crippen LogP contribution in [0.15, 0.2) is 36.4 Å². The maximum atomic E-state index is 16.9. The van der Waals surface area contributed by atoms with Crippen LogP contribution in [0, 0.1) is 29.4 Å². The molecule has 1 aromatic heterocycles. The van der Waals surface area contributed by atoms with Gasteiger partial charge in [-0.1, -0.05) is 18.1 Å². The zero-order chi connectivity index (χ0) is 31.9. The number of aromatic nitrogens is 2. The molecule has 10 heteroatoms. The highest BCUT2D eigenvalue weighted by atomic mass is 19.1. The molecule has 1 spiro atoms. The van der Waals surface area contributed by atoms with E-state index < -0.39 is 11.6 Å². The van der Waals surface area contributed by atoms with E-state index >= 15 is 4.39 Å². The average molecular weight is 638 g/mol. The molecule has 8 nitrogen and oxygen atoms in total. The molecule has 2 saturated carbocycles. The largest absolute Gasteiger partial charge is 0.508 e. The van der Waals surface area contributed by atoms with Gasteiger partial charge in [-0.05, 0) is 73.7 Å². The normalized spacial score (nSPS) is 24.1. The van der Waals surface area contributed by atoms with Gasteiger partial charge in [-0.3, -0.25) is 4.90 Å². The molecule has 2 aliphatic carbocycles. The molecule has 47 heavy (non-hydrogen) atoms. The van der Waals surface area contributed by atoms with E-state index in [-0.39, 0.29) is 39.4 Å². The number of terminal acetylenes is 1. The molecule has 2 N–H and O–H groups in total. The zero-order valence-electron chi connectivity index (χ0n) is 26.2. The highest BCUT2D eigenvalue weighted by Crippen LogP contribution is 2.51. The van der Waals surface area contributed by atoms with Crippen LogP contribution in [0.1, 0.15) is 44.1 Å². The van der Waals surface area contributed by atoms with Crippen molar-refractivity contribution in [2.24, 2.45) is 5.41 Å². The van der Waals surface area contributed by atoms with Gasteiger partial charge in [0.25, 0.3) is 0 Å². The molecule has 2 bridgehead atoms. The fourth-order valence-corrected chi connectivity index (χ4v) is 8.15. The number of fused-ring (bicyclic) bond motifs is 4. The van der Waals surface area contributed by atoms with Gasteiger partial charge in [0, 0.05) is 65.6 Å². The summed E-state index contributed by atoms with van der Waals surface area (Å²) in [7, 11) is 0. The number of ether oxygens (including phenoxy) is 2. The summed E-state index contributed by atoms with van der Waals surface area (Å²) in [6.07, 6.45) is 12.4. The van der Waals surface area contributed by atoms with Crippen LogP contribution in [0.3, 0.4) is 0 Å². The van der Waals surface area contributed by atoms with Gasteiger partial charge >= 0.3 is 6.01 Å². The lowest BCUT2D eigenvalue weighted by Gasteiger charge is -2.38. The molecule has 2 unspecified atom stereocenters. The summed E-state index contributed by atoms with van der Waals surface area (Å²) in [4.78, 5) is 14.4. The Bertz CT molecular complexity index is 1960.